The molecule has 1 aliphatic rings. The smallest absolute Gasteiger partial charge is 0.240 e. The highest BCUT2D eigenvalue weighted by Crippen LogP contribution is 2.30. The molecule has 1 atom stereocenters. The van der Waals surface area contributed by atoms with E-state index in [-0.39, 0.29) is 11.8 Å². The molecule has 0 spiro atoms. The Morgan fingerprint density at radius 1 is 1.32 bits per heavy atom. The summed E-state index contributed by atoms with van der Waals surface area (Å²) in [6, 6.07) is 5.66. The summed E-state index contributed by atoms with van der Waals surface area (Å²) in [5.74, 6) is 1.46. The van der Waals surface area contributed by atoms with Gasteiger partial charge >= 0.3 is 0 Å². The van der Waals surface area contributed by atoms with Crippen molar-refractivity contribution in [2.75, 3.05) is 14.2 Å². The number of nitrogens with zero attached hydrogens (tertiary/aromatic N) is 1. The first-order chi connectivity index (χ1) is 9.19. The number of rotatable bonds is 4. The van der Waals surface area contributed by atoms with Gasteiger partial charge in [0.1, 0.15) is 0 Å². The zero-order valence-corrected chi connectivity index (χ0v) is 11.4. The van der Waals surface area contributed by atoms with Crippen molar-refractivity contribution in [2.45, 2.75) is 19.8 Å². The van der Waals surface area contributed by atoms with Crippen LogP contribution in [0.2, 0.25) is 0 Å². The van der Waals surface area contributed by atoms with Gasteiger partial charge in [0.25, 0.3) is 0 Å². The van der Waals surface area contributed by atoms with Crippen LogP contribution in [0.15, 0.2) is 23.3 Å². The van der Waals surface area contributed by atoms with Crippen LogP contribution in [0.1, 0.15) is 25.3 Å². The lowest BCUT2D eigenvalue weighted by Crippen LogP contribution is -2.33. The Morgan fingerprint density at radius 3 is 2.68 bits per heavy atom. The number of methoxy groups -OCH3 is 2. The van der Waals surface area contributed by atoms with E-state index in [1.54, 1.807) is 14.2 Å². The Bertz CT molecular complexity index is 511. The molecule has 1 aromatic rings. The molecule has 1 unspecified atom stereocenters. The van der Waals surface area contributed by atoms with Crippen LogP contribution in [0, 0.1) is 5.92 Å². The van der Waals surface area contributed by atoms with E-state index < -0.39 is 0 Å². The Morgan fingerprint density at radius 2 is 2.05 bits per heavy atom. The topological polar surface area (TPSA) is 59.9 Å². The quantitative estimate of drug-likeness (QED) is 0.902. The van der Waals surface area contributed by atoms with E-state index in [4.69, 9.17) is 9.47 Å². The molecule has 5 heteroatoms. The highest BCUT2D eigenvalue weighted by molar-refractivity contribution is 6.06. The molecule has 0 radical (unpaired) electrons. The molecule has 0 saturated heterocycles. The molecule has 0 aliphatic carbocycles. The molecule has 19 heavy (non-hydrogen) atoms. The normalized spacial score (nSPS) is 18.6. The Hall–Kier alpha value is -2.04. The fraction of sp³-hybridized carbons (Fsp3) is 0.429. The minimum atomic E-state index is -0.0314. The van der Waals surface area contributed by atoms with Gasteiger partial charge < -0.3 is 9.47 Å². The predicted octanol–water partition coefficient (Wildman–Crippen LogP) is 1.95. The molecule has 0 fully saturated rings. The van der Waals surface area contributed by atoms with Gasteiger partial charge in [0.2, 0.25) is 5.91 Å². The van der Waals surface area contributed by atoms with E-state index in [1.165, 1.54) is 0 Å². The summed E-state index contributed by atoms with van der Waals surface area (Å²) in [6.45, 7) is 2.06. The lowest BCUT2D eigenvalue weighted by Gasteiger charge is -2.22. The van der Waals surface area contributed by atoms with E-state index in [0.717, 1.165) is 17.7 Å². The van der Waals surface area contributed by atoms with Crippen LogP contribution in [-0.4, -0.2) is 25.8 Å². The van der Waals surface area contributed by atoms with Crippen molar-refractivity contribution in [1.82, 2.24) is 5.43 Å². The maximum absolute atomic E-state index is 11.4. The number of nitrogens with one attached hydrogen (secondary N) is 1. The molecule has 1 heterocycles. The van der Waals surface area contributed by atoms with Gasteiger partial charge in [-0.15, -0.1) is 0 Å². The number of carbonyl (C=O) groups excluding carboxylic acids is 1. The van der Waals surface area contributed by atoms with Crippen molar-refractivity contribution in [1.29, 1.82) is 0 Å². The third-order valence-electron chi connectivity index (χ3n) is 3.29. The van der Waals surface area contributed by atoms with Crippen molar-refractivity contribution in [3.05, 3.63) is 23.8 Å². The SMILES string of the molecule is CCC1CC(=O)NN=C1c1ccc(OC)c(OC)c1. The number of hydrazone groups is 1. The fourth-order valence-corrected chi connectivity index (χ4v) is 2.21. The standard InChI is InChI=1S/C14H18N2O3/c1-4-9-8-13(17)15-16-14(9)10-5-6-11(18-2)12(7-10)19-3/h5-7,9H,4,8H2,1-3H3,(H,15,17). The average Bonchev–Trinajstić information content (AvgIpc) is 2.46. The Kier molecular flexibility index (Phi) is 4.04. The van der Waals surface area contributed by atoms with Crippen molar-refractivity contribution in [2.24, 2.45) is 11.0 Å². The molecule has 5 nitrogen and oxygen atoms in total. The molecule has 0 aromatic heterocycles. The van der Waals surface area contributed by atoms with Crippen molar-refractivity contribution in [3.8, 4) is 11.5 Å². The van der Waals surface area contributed by atoms with E-state index >= 15 is 0 Å². The van der Waals surface area contributed by atoms with E-state index in [1.807, 2.05) is 18.2 Å². The summed E-state index contributed by atoms with van der Waals surface area (Å²) in [5, 5.41) is 4.18. The molecule has 1 aliphatic heterocycles. The number of hydrogen-bond donors (Lipinski definition) is 1. The summed E-state index contributed by atoms with van der Waals surface area (Å²) in [7, 11) is 3.20. The van der Waals surface area contributed by atoms with Crippen molar-refractivity contribution < 1.29 is 14.3 Å². The number of amides is 1. The van der Waals surface area contributed by atoms with Gasteiger partial charge in [-0.2, -0.15) is 5.10 Å². The number of carbonyl (C=O) groups is 1. The maximum Gasteiger partial charge on any atom is 0.240 e. The second kappa shape index (κ2) is 5.73. The van der Waals surface area contributed by atoms with Crippen molar-refractivity contribution in [3.63, 3.8) is 0 Å². The minimum Gasteiger partial charge on any atom is -0.493 e. The predicted molar refractivity (Wildman–Crippen MR) is 72.6 cm³/mol. The Balaban J connectivity index is 2.38. The van der Waals surface area contributed by atoms with Crippen LogP contribution >= 0.6 is 0 Å². The van der Waals surface area contributed by atoms with Gasteiger partial charge in [-0.1, -0.05) is 6.92 Å². The molecular formula is C14H18N2O3. The highest BCUT2D eigenvalue weighted by Gasteiger charge is 2.24. The maximum atomic E-state index is 11.4. The van der Waals surface area contributed by atoms with Crippen LogP contribution in [0.5, 0.6) is 11.5 Å². The van der Waals surface area contributed by atoms with E-state index in [0.29, 0.717) is 17.9 Å². The molecule has 1 aromatic carbocycles. The van der Waals surface area contributed by atoms with Crippen LogP contribution in [0.4, 0.5) is 0 Å². The third-order valence-corrected chi connectivity index (χ3v) is 3.29. The molecule has 102 valence electrons. The third kappa shape index (κ3) is 2.70. The molecule has 0 saturated carbocycles. The summed E-state index contributed by atoms with van der Waals surface area (Å²) in [4.78, 5) is 11.4. The summed E-state index contributed by atoms with van der Waals surface area (Å²) >= 11 is 0. The molecule has 1 N–H and O–H groups in total. The van der Waals surface area contributed by atoms with E-state index in [2.05, 4.69) is 17.5 Å². The summed E-state index contributed by atoms with van der Waals surface area (Å²) in [6.07, 6.45) is 1.35. The van der Waals surface area contributed by atoms with Gasteiger partial charge in [0.15, 0.2) is 11.5 Å². The van der Waals surface area contributed by atoms with E-state index in [9.17, 15) is 4.79 Å². The summed E-state index contributed by atoms with van der Waals surface area (Å²) in [5.41, 5.74) is 4.38. The molecule has 1 amide bonds. The number of hydrogen-bond acceptors (Lipinski definition) is 4. The van der Waals surface area contributed by atoms with Gasteiger partial charge in [-0.3, -0.25) is 4.79 Å². The van der Waals surface area contributed by atoms with Crippen LogP contribution in [0.3, 0.4) is 0 Å². The number of benzene rings is 1. The zero-order chi connectivity index (χ0) is 13.8. The van der Waals surface area contributed by atoms with Gasteiger partial charge in [-0.05, 0) is 24.6 Å². The van der Waals surface area contributed by atoms with Crippen molar-refractivity contribution >= 4 is 11.6 Å². The van der Waals surface area contributed by atoms with Crippen LogP contribution < -0.4 is 14.9 Å². The monoisotopic (exact) mass is 262 g/mol. The van der Waals surface area contributed by atoms with Gasteiger partial charge in [0.05, 0.1) is 19.9 Å². The largest absolute Gasteiger partial charge is 0.493 e. The molecular weight excluding hydrogens is 244 g/mol. The second-order valence-electron chi connectivity index (χ2n) is 4.41. The molecule has 0 bridgehead atoms. The first kappa shape index (κ1) is 13.4. The second-order valence-corrected chi connectivity index (χ2v) is 4.41. The zero-order valence-electron chi connectivity index (χ0n) is 11.4. The first-order valence-corrected chi connectivity index (χ1v) is 6.28. The van der Waals surface area contributed by atoms with Crippen LogP contribution in [-0.2, 0) is 4.79 Å². The summed E-state index contributed by atoms with van der Waals surface area (Å²) < 4.78 is 10.5. The highest BCUT2D eigenvalue weighted by atomic mass is 16.5. The number of ether oxygens (including phenoxy) is 2. The van der Waals surface area contributed by atoms with Crippen LogP contribution in [0.25, 0.3) is 0 Å². The first-order valence-electron chi connectivity index (χ1n) is 6.28. The lowest BCUT2D eigenvalue weighted by atomic mass is 9.90. The fourth-order valence-electron chi connectivity index (χ4n) is 2.21. The molecule has 2 rings (SSSR count). The average molecular weight is 262 g/mol. The van der Waals surface area contributed by atoms with Gasteiger partial charge in [0, 0.05) is 17.9 Å². The lowest BCUT2D eigenvalue weighted by molar-refractivity contribution is -0.122. The Labute approximate surface area is 112 Å². The minimum absolute atomic E-state index is 0.0314. The van der Waals surface area contributed by atoms with Gasteiger partial charge in [-0.25, -0.2) is 5.43 Å².